The first-order valence-electron chi connectivity index (χ1n) is 5.96. The van der Waals surface area contributed by atoms with E-state index >= 15 is 0 Å². The van der Waals surface area contributed by atoms with Crippen LogP contribution in [0.5, 0.6) is 0 Å². The van der Waals surface area contributed by atoms with Gasteiger partial charge in [-0.3, -0.25) is 4.79 Å². The molecule has 2 heterocycles. The largest absolute Gasteiger partial charge is 0.325 e. The average Bonchev–Trinajstić information content (AvgIpc) is 2.90. The van der Waals surface area contributed by atoms with Crippen LogP contribution >= 0.6 is 11.6 Å². The van der Waals surface area contributed by atoms with E-state index in [2.05, 4.69) is 20.7 Å². The molecule has 0 saturated heterocycles. The van der Waals surface area contributed by atoms with Gasteiger partial charge in [0.2, 0.25) is 5.91 Å². The minimum absolute atomic E-state index is 0.00206. The van der Waals surface area contributed by atoms with Crippen LogP contribution in [0, 0.1) is 0 Å². The van der Waals surface area contributed by atoms with Crippen molar-refractivity contribution in [1.29, 1.82) is 0 Å². The fourth-order valence-corrected chi connectivity index (χ4v) is 3.08. The molecule has 1 aromatic carbocycles. The van der Waals surface area contributed by atoms with Crippen molar-refractivity contribution in [2.75, 3.05) is 5.32 Å². The Hall–Kier alpha value is -1.95. The highest BCUT2D eigenvalue weighted by Gasteiger charge is 2.67. The number of hydrogen-bond acceptors (Lipinski definition) is 4. The fraction of sp³-hybridized carbons (Fsp3) is 0.333. The molecule has 6 nitrogen and oxygen atoms in total. The number of amides is 1. The zero-order valence-corrected chi connectivity index (χ0v) is 10.8. The highest BCUT2D eigenvalue weighted by molar-refractivity contribution is 6.31. The van der Waals surface area contributed by atoms with Crippen molar-refractivity contribution in [1.82, 2.24) is 20.2 Å². The second-order valence-electron chi connectivity index (χ2n) is 5.01. The number of rotatable bonds is 1. The molecule has 0 unspecified atom stereocenters. The van der Waals surface area contributed by atoms with Crippen molar-refractivity contribution in [3.63, 3.8) is 0 Å². The molecule has 1 aromatic heterocycles. The van der Waals surface area contributed by atoms with Gasteiger partial charge in [0.15, 0.2) is 5.82 Å². The van der Waals surface area contributed by atoms with Gasteiger partial charge < -0.3 is 5.32 Å². The monoisotopic (exact) mass is 275 g/mol. The van der Waals surface area contributed by atoms with Crippen molar-refractivity contribution >= 4 is 23.2 Å². The number of nitrogens with zero attached hydrogens (tertiary/aromatic N) is 4. The molecule has 7 heteroatoms. The molecule has 2 aromatic rings. The summed E-state index contributed by atoms with van der Waals surface area (Å²) >= 11 is 6.04. The van der Waals surface area contributed by atoms with E-state index in [1.54, 1.807) is 13.1 Å². The van der Waals surface area contributed by atoms with Crippen molar-refractivity contribution < 1.29 is 4.79 Å². The third-order valence-electron chi connectivity index (χ3n) is 3.91. The standard InChI is InChI=1S/C12H10ClN5O/c1-18-16-10(15-17-18)8-5-12(8)7-4-6(13)2-3-9(7)14-11(12)19/h2-4,8H,5H2,1H3,(H,14,19)/t8-,12-/m1/s1. The second-order valence-corrected chi connectivity index (χ2v) is 5.45. The molecule has 19 heavy (non-hydrogen) atoms. The number of anilines is 1. The lowest BCUT2D eigenvalue weighted by Gasteiger charge is -2.06. The SMILES string of the molecule is Cn1nnc([C@H]2C[C@]23C(=O)Nc2ccc(Cl)cc23)n1. The maximum absolute atomic E-state index is 12.3. The van der Waals surface area contributed by atoms with Crippen LogP contribution < -0.4 is 5.32 Å². The Kier molecular flexibility index (Phi) is 1.91. The van der Waals surface area contributed by atoms with E-state index in [-0.39, 0.29) is 11.8 Å². The molecular weight excluding hydrogens is 266 g/mol. The molecule has 1 spiro atoms. The highest BCUT2D eigenvalue weighted by Crippen LogP contribution is 2.64. The van der Waals surface area contributed by atoms with Gasteiger partial charge in [-0.1, -0.05) is 11.6 Å². The summed E-state index contributed by atoms with van der Waals surface area (Å²) in [6, 6.07) is 5.46. The summed E-state index contributed by atoms with van der Waals surface area (Å²) in [6.07, 6.45) is 0.706. The number of carbonyl (C=O) groups excluding carboxylic acids is 1. The summed E-state index contributed by atoms with van der Waals surface area (Å²) in [5.74, 6) is 0.605. The number of carbonyl (C=O) groups is 1. The first-order chi connectivity index (χ1) is 9.11. The van der Waals surface area contributed by atoms with Crippen LogP contribution in [0.2, 0.25) is 5.02 Å². The number of hydrogen-bond donors (Lipinski definition) is 1. The zero-order chi connectivity index (χ0) is 13.2. The maximum atomic E-state index is 12.3. The lowest BCUT2D eigenvalue weighted by Crippen LogP contribution is -2.21. The Bertz CT molecular complexity index is 712. The van der Waals surface area contributed by atoms with Crippen molar-refractivity contribution in [3.8, 4) is 0 Å². The predicted octanol–water partition coefficient (Wildman–Crippen LogP) is 1.24. The summed E-state index contributed by atoms with van der Waals surface area (Å²) < 4.78 is 0. The van der Waals surface area contributed by atoms with Gasteiger partial charge in [-0.15, -0.1) is 10.2 Å². The van der Waals surface area contributed by atoms with Crippen LogP contribution in [-0.2, 0) is 17.3 Å². The minimum Gasteiger partial charge on any atom is -0.325 e. The van der Waals surface area contributed by atoms with E-state index in [1.807, 2.05) is 12.1 Å². The predicted molar refractivity (Wildman–Crippen MR) is 67.9 cm³/mol. The number of nitrogens with one attached hydrogen (secondary N) is 1. The lowest BCUT2D eigenvalue weighted by molar-refractivity contribution is -0.118. The smallest absolute Gasteiger partial charge is 0.235 e. The van der Waals surface area contributed by atoms with Crippen LogP contribution in [0.1, 0.15) is 23.7 Å². The molecular formula is C12H10ClN5O. The summed E-state index contributed by atoms with van der Waals surface area (Å²) in [5.41, 5.74) is 1.23. The molecule has 2 aliphatic rings. The van der Waals surface area contributed by atoms with Crippen molar-refractivity contribution in [2.45, 2.75) is 17.8 Å². The van der Waals surface area contributed by atoms with Crippen LogP contribution in [0.25, 0.3) is 0 Å². The van der Waals surface area contributed by atoms with Gasteiger partial charge in [0, 0.05) is 16.6 Å². The van der Waals surface area contributed by atoms with Crippen LogP contribution in [0.4, 0.5) is 5.69 Å². The van der Waals surface area contributed by atoms with Gasteiger partial charge >= 0.3 is 0 Å². The van der Waals surface area contributed by atoms with Gasteiger partial charge in [0.05, 0.1) is 12.5 Å². The molecule has 1 saturated carbocycles. The molecule has 4 rings (SSSR count). The van der Waals surface area contributed by atoms with Gasteiger partial charge in [0.25, 0.3) is 0 Å². The minimum atomic E-state index is -0.552. The van der Waals surface area contributed by atoms with E-state index < -0.39 is 5.41 Å². The number of fused-ring (bicyclic) bond motifs is 2. The molecule has 96 valence electrons. The number of aromatic nitrogens is 4. The summed E-state index contributed by atoms with van der Waals surface area (Å²) in [7, 11) is 1.71. The molecule has 1 aliphatic carbocycles. The normalized spacial score (nSPS) is 27.5. The summed E-state index contributed by atoms with van der Waals surface area (Å²) in [5, 5.41) is 15.6. The Morgan fingerprint density at radius 1 is 1.53 bits per heavy atom. The first-order valence-corrected chi connectivity index (χ1v) is 6.34. The van der Waals surface area contributed by atoms with Crippen LogP contribution in [-0.4, -0.2) is 26.1 Å². The molecule has 2 atom stereocenters. The quantitative estimate of drug-likeness (QED) is 0.850. The van der Waals surface area contributed by atoms with Crippen LogP contribution in [0.15, 0.2) is 18.2 Å². The second kappa shape index (κ2) is 3.33. The Morgan fingerprint density at radius 3 is 3.11 bits per heavy atom. The Balaban J connectivity index is 1.82. The molecule has 1 amide bonds. The first kappa shape index (κ1) is 10.9. The van der Waals surface area contributed by atoms with Gasteiger partial charge in [-0.2, -0.15) is 4.80 Å². The Labute approximate surface area is 113 Å². The maximum Gasteiger partial charge on any atom is 0.235 e. The summed E-state index contributed by atoms with van der Waals surface area (Å²) in [4.78, 5) is 13.7. The van der Waals surface area contributed by atoms with Gasteiger partial charge in [-0.05, 0) is 35.4 Å². The van der Waals surface area contributed by atoms with E-state index in [0.29, 0.717) is 17.3 Å². The van der Waals surface area contributed by atoms with Gasteiger partial charge in [0.1, 0.15) is 0 Å². The topological polar surface area (TPSA) is 72.7 Å². The number of aryl methyl sites for hydroxylation is 1. The third-order valence-corrected chi connectivity index (χ3v) is 4.15. The number of tetrazole rings is 1. The van der Waals surface area contributed by atoms with Crippen molar-refractivity contribution in [3.05, 3.63) is 34.6 Å². The fourth-order valence-electron chi connectivity index (χ4n) is 2.91. The molecule has 0 radical (unpaired) electrons. The molecule has 1 N–H and O–H groups in total. The van der Waals surface area contributed by atoms with E-state index in [9.17, 15) is 4.79 Å². The van der Waals surface area contributed by atoms with E-state index in [0.717, 1.165) is 11.3 Å². The Morgan fingerprint density at radius 2 is 2.37 bits per heavy atom. The summed E-state index contributed by atoms with van der Waals surface area (Å²) in [6.45, 7) is 0. The molecule has 0 bridgehead atoms. The van der Waals surface area contributed by atoms with Gasteiger partial charge in [-0.25, -0.2) is 0 Å². The van der Waals surface area contributed by atoms with Crippen LogP contribution in [0.3, 0.4) is 0 Å². The third kappa shape index (κ3) is 1.32. The molecule has 1 fully saturated rings. The number of benzene rings is 1. The van der Waals surface area contributed by atoms with Crippen molar-refractivity contribution in [2.24, 2.45) is 7.05 Å². The highest BCUT2D eigenvalue weighted by atomic mass is 35.5. The average molecular weight is 276 g/mol. The van der Waals surface area contributed by atoms with E-state index in [1.165, 1.54) is 4.80 Å². The lowest BCUT2D eigenvalue weighted by atomic mass is 9.94. The number of halogens is 1. The van der Waals surface area contributed by atoms with E-state index in [4.69, 9.17) is 11.6 Å². The molecule has 1 aliphatic heterocycles. The zero-order valence-electron chi connectivity index (χ0n) is 10.1.